The molecule has 5 rings (SSSR count). The number of Topliss-reactive ketones (excluding diaryl/α,β-unsaturated/α-hetero) is 1. The van der Waals surface area contributed by atoms with Crippen LogP contribution in [0.2, 0.25) is 0 Å². The van der Waals surface area contributed by atoms with Gasteiger partial charge in [0, 0.05) is 31.7 Å². The van der Waals surface area contributed by atoms with Gasteiger partial charge in [0.2, 0.25) is 5.91 Å². The number of hydrogen-bond acceptors (Lipinski definition) is 6. The molecule has 2 heterocycles. The monoisotopic (exact) mass is 687 g/mol. The molecule has 0 spiro atoms. The van der Waals surface area contributed by atoms with Crippen molar-refractivity contribution in [3.63, 3.8) is 0 Å². The second-order valence-corrected chi connectivity index (χ2v) is 13.1. The van der Waals surface area contributed by atoms with Crippen LogP contribution in [0.5, 0.6) is 0 Å². The predicted octanol–water partition coefficient (Wildman–Crippen LogP) is 8.02. The fourth-order valence-corrected chi connectivity index (χ4v) is 6.77. The zero-order valence-corrected chi connectivity index (χ0v) is 29.6. The molecule has 0 unspecified atom stereocenters. The molecule has 9 nitrogen and oxygen atoms in total. The summed E-state index contributed by atoms with van der Waals surface area (Å²) < 4.78 is 24.5. The number of carbonyl (C=O) groups excluding carboxylic acids is 4. The fraction of sp³-hybridized carbons (Fsp3) is 0.450. The average Bonchev–Trinajstić information content (AvgIpc) is 3.75. The van der Waals surface area contributed by atoms with E-state index in [2.05, 4.69) is 13.8 Å². The van der Waals surface area contributed by atoms with E-state index in [1.165, 1.54) is 18.2 Å². The first-order valence-corrected chi connectivity index (χ1v) is 17.6. The Kier molecular flexibility index (Phi) is 14.4. The number of likely N-dealkylation sites (tertiary alicyclic amines) is 2. The second-order valence-electron chi connectivity index (χ2n) is 13.1. The number of likely N-dealkylation sites (N-methyl/N-ethyl adjacent to an activating group) is 1. The number of hydrogen-bond donors (Lipinski definition) is 0. The van der Waals surface area contributed by atoms with Gasteiger partial charge < -0.3 is 14.4 Å². The van der Waals surface area contributed by atoms with Gasteiger partial charge in [-0.15, -0.1) is 0 Å². The molecule has 2 fully saturated rings. The van der Waals surface area contributed by atoms with Gasteiger partial charge in [0.05, 0.1) is 6.04 Å². The third kappa shape index (κ3) is 10.2. The van der Waals surface area contributed by atoms with Crippen molar-refractivity contribution < 1.29 is 33.0 Å². The third-order valence-electron chi connectivity index (χ3n) is 9.22. The van der Waals surface area contributed by atoms with Crippen molar-refractivity contribution in [2.24, 2.45) is 0 Å². The highest BCUT2D eigenvalue weighted by Crippen LogP contribution is 2.31. The molecule has 3 aromatic carbocycles. The van der Waals surface area contributed by atoms with E-state index in [1.54, 1.807) is 34.9 Å². The van der Waals surface area contributed by atoms with E-state index >= 15 is 0 Å². The van der Waals surface area contributed by atoms with Gasteiger partial charge in [-0.05, 0) is 61.8 Å². The zero-order chi connectivity index (χ0) is 36.0. The minimum atomic E-state index is -0.605. The van der Waals surface area contributed by atoms with E-state index in [4.69, 9.17) is 9.47 Å². The van der Waals surface area contributed by atoms with Crippen LogP contribution in [0.25, 0.3) is 0 Å². The van der Waals surface area contributed by atoms with Crippen LogP contribution < -0.4 is 0 Å². The van der Waals surface area contributed by atoms with Crippen molar-refractivity contribution in [1.82, 2.24) is 14.7 Å². The summed E-state index contributed by atoms with van der Waals surface area (Å²) >= 11 is 0. The summed E-state index contributed by atoms with van der Waals surface area (Å²) in [5.41, 5.74) is 2.13. The maximum atomic E-state index is 13.5. The summed E-state index contributed by atoms with van der Waals surface area (Å²) in [7, 11) is 3.45. The molecule has 0 aromatic heterocycles. The van der Waals surface area contributed by atoms with Crippen LogP contribution in [0.15, 0.2) is 84.9 Å². The van der Waals surface area contributed by atoms with Gasteiger partial charge >= 0.3 is 12.2 Å². The number of benzene rings is 3. The third-order valence-corrected chi connectivity index (χ3v) is 9.22. The smallest absolute Gasteiger partial charge is 0.411 e. The van der Waals surface area contributed by atoms with Crippen molar-refractivity contribution >= 4 is 23.9 Å². The first-order valence-electron chi connectivity index (χ1n) is 17.6. The Labute approximate surface area is 295 Å². The Morgan fingerprint density at radius 1 is 0.680 bits per heavy atom. The van der Waals surface area contributed by atoms with Gasteiger partial charge in [0.15, 0.2) is 5.78 Å². The summed E-state index contributed by atoms with van der Waals surface area (Å²) in [5, 5.41) is 0. The molecule has 3 aromatic rings. The minimum absolute atomic E-state index is 0.0271. The molecule has 268 valence electrons. The lowest BCUT2D eigenvalue weighted by atomic mass is 10.0. The molecule has 4 atom stereocenters. The Morgan fingerprint density at radius 3 is 1.62 bits per heavy atom. The van der Waals surface area contributed by atoms with Crippen LogP contribution in [-0.2, 0) is 27.5 Å². The molecule has 2 saturated heterocycles. The topological polar surface area (TPSA) is 96.5 Å². The van der Waals surface area contributed by atoms with E-state index in [9.17, 15) is 23.6 Å². The quantitative estimate of drug-likeness (QED) is 0.190. The van der Waals surface area contributed by atoms with Crippen molar-refractivity contribution in [1.29, 1.82) is 0 Å². The highest BCUT2D eigenvalue weighted by atomic mass is 19.1. The lowest BCUT2D eigenvalue weighted by Crippen LogP contribution is -2.48. The van der Waals surface area contributed by atoms with E-state index < -0.39 is 24.0 Å². The van der Waals surface area contributed by atoms with Crippen LogP contribution in [0.4, 0.5) is 14.0 Å². The molecule has 0 radical (unpaired) electrons. The number of ether oxygens (including phenoxy) is 2. The van der Waals surface area contributed by atoms with Crippen molar-refractivity contribution in [3.05, 3.63) is 107 Å². The summed E-state index contributed by atoms with van der Waals surface area (Å²) in [6.45, 7) is 4.54. The van der Waals surface area contributed by atoms with E-state index in [0.29, 0.717) is 12.8 Å². The van der Waals surface area contributed by atoms with Gasteiger partial charge in [0.25, 0.3) is 0 Å². The van der Waals surface area contributed by atoms with Gasteiger partial charge in [-0.1, -0.05) is 99.5 Å². The lowest BCUT2D eigenvalue weighted by Gasteiger charge is -2.30. The van der Waals surface area contributed by atoms with Crippen LogP contribution >= 0.6 is 0 Å². The molecule has 0 saturated carbocycles. The first-order chi connectivity index (χ1) is 24.1. The SMILES string of the molecule is CCC[C@@H]1CC[C@@H](C(=O)N(C)C)N1C(=O)OCc1ccccc1.CCC[C@@H]1CC[C@@H](C(=O)c2cccc(F)c2)N1C(=O)OCc1ccccc1. The number of halogens is 1. The summed E-state index contributed by atoms with van der Waals surface area (Å²) in [4.78, 5) is 55.4. The van der Waals surface area contributed by atoms with Crippen molar-refractivity contribution in [3.8, 4) is 0 Å². The maximum absolute atomic E-state index is 13.5. The molecule has 50 heavy (non-hydrogen) atoms. The van der Waals surface area contributed by atoms with E-state index in [-0.39, 0.29) is 48.6 Å². The minimum Gasteiger partial charge on any atom is -0.445 e. The van der Waals surface area contributed by atoms with Crippen LogP contribution in [0.1, 0.15) is 86.7 Å². The number of nitrogens with zero attached hydrogens (tertiary/aromatic N) is 3. The first kappa shape index (κ1) is 38.1. The van der Waals surface area contributed by atoms with E-state index in [0.717, 1.165) is 49.7 Å². The Bertz CT molecular complexity index is 1550. The highest BCUT2D eigenvalue weighted by molar-refractivity contribution is 6.01. The molecule has 3 amide bonds. The van der Waals surface area contributed by atoms with Gasteiger partial charge in [-0.25, -0.2) is 14.0 Å². The molecule has 0 bridgehead atoms. The normalized spacial score (nSPS) is 19.7. The Hall–Kier alpha value is -4.73. The zero-order valence-electron chi connectivity index (χ0n) is 29.6. The molecule has 2 aliphatic heterocycles. The standard InChI is InChI=1S/C22H24FNO3.C18H26N2O3/c1-2-7-19-12-13-20(21(25)17-10-6-11-18(23)14-17)24(19)22(26)27-15-16-8-4-3-5-9-16;1-4-8-15-11-12-16(17(21)19(2)3)20(15)18(22)23-13-14-9-6-5-7-10-14/h3-6,8-11,14,19-20H,2,7,12-13,15H2,1H3;5-7,9-10,15-16H,4,8,11-13H2,1-3H3/t19-,20+;15-,16+/m11/s1. The molecule has 0 aliphatic carbocycles. The molecule has 0 N–H and O–H groups in total. The number of carbonyl (C=O) groups is 4. The molecule has 2 aliphatic rings. The number of rotatable bonds is 11. The summed E-state index contributed by atoms with van der Waals surface area (Å²) in [6, 6.07) is 23.7. The van der Waals surface area contributed by atoms with Gasteiger partial charge in [-0.3, -0.25) is 19.4 Å². The Balaban J connectivity index is 0.000000228. The van der Waals surface area contributed by atoms with Gasteiger partial charge in [0.1, 0.15) is 25.1 Å². The molecule has 10 heteroatoms. The number of amides is 3. The molecular formula is C40H50FN3O6. The average molecular weight is 688 g/mol. The Morgan fingerprint density at radius 2 is 1.16 bits per heavy atom. The largest absolute Gasteiger partial charge is 0.445 e. The van der Waals surface area contributed by atoms with Crippen LogP contribution in [-0.4, -0.2) is 76.8 Å². The molecular weight excluding hydrogens is 637 g/mol. The van der Waals surface area contributed by atoms with Gasteiger partial charge in [-0.2, -0.15) is 0 Å². The van der Waals surface area contributed by atoms with E-state index in [1.807, 2.05) is 60.7 Å². The second kappa shape index (κ2) is 18.9. The summed E-state index contributed by atoms with van der Waals surface area (Å²) in [6.07, 6.45) is 5.63. The van der Waals surface area contributed by atoms with Crippen molar-refractivity contribution in [2.45, 2.75) is 103 Å². The summed E-state index contributed by atoms with van der Waals surface area (Å²) in [5.74, 6) is -0.716. The predicted molar refractivity (Wildman–Crippen MR) is 190 cm³/mol. The van der Waals surface area contributed by atoms with Crippen molar-refractivity contribution in [2.75, 3.05) is 14.1 Å². The van der Waals surface area contributed by atoms with Crippen LogP contribution in [0, 0.1) is 5.82 Å². The maximum Gasteiger partial charge on any atom is 0.411 e. The lowest BCUT2D eigenvalue weighted by molar-refractivity contribution is -0.133. The number of ketones is 1. The highest BCUT2D eigenvalue weighted by Gasteiger charge is 2.43. The van der Waals surface area contributed by atoms with Crippen LogP contribution in [0.3, 0.4) is 0 Å². The fourth-order valence-electron chi connectivity index (χ4n) is 6.77.